The topological polar surface area (TPSA) is 61.3 Å². The van der Waals surface area contributed by atoms with E-state index in [2.05, 4.69) is 9.97 Å². The highest BCUT2D eigenvalue weighted by Gasteiger charge is 2.16. The predicted octanol–water partition coefficient (Wildman–Crippen LogP) is 1.51. The number of esters is 1. The quantitative estimate of drug-likeness (QED) is 0.728. The van der Waals surface area contributed by atoms with Crippen molar-refractivity contribution < 1.29 is 14.3 Å². The lowest BCUT2D eigenvalue weighted by atomic mass is 10.2. The maximum Gasteiger partial charge on any atom is 0.344 e. The number of ether oxygens (including phenoxy) is 2. The Morgan fingerprint density at radius 3 is 2.62 bits per heavy atom. The van der Waals surface area contributed by atoms with Crippen molar-refractivity contribution in [3.8, 4) is 5.88 Å². The van der Waals surface area contributed by atoms with Gasteiger partial charge in [0.1, 0.15) is 5.60 Å². The van der Waals surface area contributed by atoms with Crippen LogP contribution < -0.4 is 4.74 Å². The first-order valence-corrected chi connectivity index (χ1v) is 5.00. The van der Waals surface area contributed by atoms with Crippen molar-refractivity contribution >= 4 is 5.97 Å². The summed E-state index contributed by atoms with van der Waals surface area (Å²) in [5.74, 6) is -0.0957. The van der Waals surface area contributed by atoms with E-state index >= 15 is 0 Å². The summed E-state index contributed by atoms with van der Waals surface area (Å²) < 4.78 is 10.2. The van der Waals surface area contributed by atoms with E-state index < -0.39 is 11.6 Å². The third-order valence-corrected chi connectivity index (χ3v) is 1.49. The predicted molar refractivity (Wildman–Crippen MR) is 58.1 cm³/mol. The molecule has 0 aliphatic rings. The Morgan fingerprint density at radius 1 is 1.38 bits per heavy atom. The molecule has 5 heteroatoms. The molecule has 5 nitrogen and oxygen atoms in total. The molecule has 0 fully saturated rings. The van der Waals surface area contributed by atoms with Gasteiger partial charge in [-0.05, 0) is 27.7 Å². The van der Waals surface area contributed by atoms with Gasteiger partial charge in [-0.15, -0.1) is 0 Å². The molecular weight excluding hydrogens is 208 g/mol. The Morgan fingerprint density at radius 2 is 2.06 bits per heavy atom. The van der Waals surface area contributed by atoms with E-state index in [4.69, 9.17) is 9.47 Å². The van der Waals surface area contributed by atoms with Crippen LogP contribution in [-0.4, -0.2) is 28.1 Å². The van der Waals surface area contributed by atoms with Crippen LogP contribution in [0.4, 0.5) is 0 Å². The van der Waals surface area contributed by atoms with Gasteiger partial charge < -0.3 is 9.47 Å². The van der Waals surface area contributed by atoms with E-state index in [0.29, 0.717) is 5.88 Å². The van der Waals surface area contributed by atoms with E-state index in [1.807, 2.05) is 0 Å². The van der Waals surface area contributed by atoms with Crippen molar-refractivity contribution in [1.29, 1.82) is 0 Å². The molecule has 1 aromatic heterocycles. The molecule has 88 valence electrons. The zero-order valence-electron chi connectivity index (χ0n) is 9.98. The summed E-state index contributed by atoms with van der Waals surface area (Å²) >= 11 is 0. The highest BCUT2D eigenvalue weighted by Crippen LogP contribution is 2.08. The molecule has 0 spiro atoms. The number of carbonyl (C=O) groups is 1. The highest BCUT2D eigenvalue weighted by molar-refractivity contribution is 5.71. The smallest absolute Gasteiger partial charge is 0.344 e. The Kier molecular flexibility index (Phi) is 3.82. The van der Waals surface area contributed by atoms with Crippen molar-refractivity contribution in [3.05, 3.63) is 18.1 Å². The Labute approximate surface area is 94.8 Å². The third kappa shape index (κ3) is 4.72. The lowest BCUT2D eigenvalue weighted by molar-refractivity contribution is -0.157. The van der Waals surface area contributed by atoms with Gasteiger partial charge in [-0.2, -0.15) is 0 Å². The summed E-state index contributed by atoms with van der Waals surface area (Å²) in [4.78, 5) is 19.3. The van der Waals surface area contributed by atoms with Gasteiger partial charge in [0.25, 0.3) is 0 Å². The molecular formula is C11H16N2O3. The molecule has 0 atom stereocenters. The fourth-order valence-electron chi connectivity index (χ4n) is 1.01. The molecule has 0 bridgehead atoms. The van der Waals surface area contributed by atoms with Gasteiger partial charge in [-0.3, -0.25) is 4.98 Å². The van der Waals surface area contributed by atoms with Crippen molar-refractivity contribution in [3.63, 3.8) is 0 Å². The molecule has 0 N–H and O–H groups in total. The molecule has 0 saturated carbocycles. The number of nitrogens with zero attached hydrogens (tertiary/aromatic N) is 2. The summed E-state index contributed by atoms with van der Waals surface area (Å²) in [6.07, 6.45) is 3.07. The minimum absolute atomic E-state index is 0.157. The third-order valence-electron chi connectivity index (χ3n) is 1.49. The zero-order chi connectivity index (χ0) is 12.2. The van der Waals surface area contributed by atoms with Crippen LogP contribution in [0.15, 0.2) is 12.4 Å². The monoisotopic (exact) mass is 224 g/mol. The number of carbonyl (C=O) groups excluding carboxylic acids is 1. The van der Waals surface area contributed by atoms with E-state index in [1.165, 1.54) is 6.20 Å². The first-order chi connectivity index (χ1) is 7.37. The van der Waals surface area contributed by atoms with Crippen LogP contribution in [0.2, 0.25) is 0 Å². The van der Waals surface area contributed by atoms with Crippen molar-refractivity contribution in [2.75, 3.05) is 6.61 Å². The standard InChI is InChI=1S/C11H16N2O3/c1-8-5-12-6-9(13-8)15-7-10(14)16-11(2,3)4/h5-6H,7H2,1-4H3. The number of aryl methyl sites for hydroxylation is 1. The fourth-order valence-corrected chi connectivity index (χ4v) is 1.01. The Balaban J connectivity index is 2.43. The maximum atomic E-state index is 11.3. The minimum Gasteiger partial charge on any atom is -0.465 e. The molecule has 1 aromatic rings. The summed E-state index contributed by atoms with van der Waals surface area (Å²) in [7, 11) is 0. The van der Waals surface area contributed by atoms with Crippen molar-refractivity contribution in [2.45, 2.75) is 33.3 Å². The fraction of sp³-hybridized carbons (Fsp3) is 0.545. The van der Waals surface area contributed by atoms with E-state index in [1.54, 1.807) is 33.9 Å². The van der Waals surface area contributed by atoms with Gasteiger partial charge in [0.15, 0.2) is 6.61 Å². The normalized spacial score (nSPS) is 11.0. The molecule has 16 heavy (non-hydrogen) atoms. The van der Waals surface area contributed by atoms with E-state index in [0.717, 1.165) is 5.69 Å². The molecule has 0 amide bonds. The second-order valence-electron chi connectivity index (χ2n) is 4.37. The summed E-state index contributed by atoms with van der Waals surface area (Å²) in [5.41, 5.74) is 0.236. The maximum absolute atomic E-state index is 11.3. The van der Waals surface area contributed by atoms with Gasteiger partial charge in [-0.25, -0.2) is 9.78 Å². The van der Waals surface area contributed by atoms with Gasteiger partial charge in [0.2, 0.25) is 5.88 Å². The molecule has 0 aromatic carbocycles. The molecule has 0 aliphatic carbocycles. The number of hydrogen-bond donors (Lipinski definition) is 0. The van der Waals surface area contributed by atoms with Gasteiger partial charge in [0.05, 0.1) is 11.9 Å². The van der Waals surface area contributed by atoms with Crippen LogP contribution in [-0.2, 0) is 9.53 Å². The minimum atomic E-state index is -0.501. The second kappa shape index (κ2) is 4.92. The molecule has 0 aliphatic heterocycles. The lowest BCUT2D eigenvalue weighted by Gasteiger charge is -2.19. The van der Waals surface area contributed by atoms with Crippen molar-refractivity contribution in [2.24, 2.45) is 0 Å². The van der Waals surface area contributed by atoms with E-state index in [-0.39, 0.29) is 6.61 Å². The molecule has 1 heterocycles. The SMILES string of the molecule is Cc1cncc(OCC(=O)OC(C)(C)C)n1. The molecule has 0 radical (unpaired) electrons. The number of rotatable bonds is 3. The van der Waals surface area contributed by atoms with Gasteiger partial charge >= 0.3 is 5.97 Å². The number of aromatic nitrogens is 2. The average Bonchev–Trinajstić information content (AvgIpc) is 2.12. The van der Waals surface area contributed by atoms with Crippen LogP contribution >= 0.6 is 0 Å². The first kappa shape index (κ1) is 12.4. The van der Waals surface area contributed by atoms with Crippen LogP contribution in [0, 0.1) is 6.92 Å². The van der Waals surface area contributed by atoms with E-state index in [9.17, 15) is 4.79 Å². The molecule has 0 saturated heterocycles. The lowest BCUT2D eigenvalue weighted by Crippen LogP contribution is -2.27. The second-order valence-corrected chi connectivity index (χ2v) is 4.37. The average molecular weight is 224 g/mol. The molecule has 1 rings (SSSR count). The van der Waals surface area contributed by atoms with Gasteiger partial charge in [0, 0.05) is 6.20 Å². The van der Waals surface area contributed by atoms with Crippen LogP contribution in [0.25, 0.3) is 0 Å². The van der Waals surface area contributed by atoms with Gasteiger partial charge in [-0.1, -0.05) is 0 Å². The Hall–Kier alpha value is -1.65. The van der Waals surface area contributed by atoms with Crippen LogP contribution in [0.3, 0.4) is 0 Å². The largest absolute Gasteiger partial charge is 0.465 e. The summed E-state index contributed by atoms with van der Waals surface area (Å²) in [6, 6.07) is 0. The van der Waals surface area contributed by atoms with Crippen molar-refractivity contribution in [1.82, 2.24) is 9.97 Å². The summed E-state index contributed by atoms with van der Waals surface area (Å²) in [6.45, 7) is 7.05. The molecule has 0 unspecified atom stereocenters. The number of hydrogen-bond acceptors (Lipinski definition) is 5. The highest BCUT2D eigenvalue weighted by atomic mass is 16.6. The van der Waals surface area contributed by atoms with Crippen LogP contribution in [0.5, 0.6) is 5.88 Å². The zero-order valence-corrected chi connectivity index (χ0v) is 9.98. The summed E-state index contributed by atoms with van der Waals surface area (Å²) in [5, 5.41) is 0. The first-order valence-electron chi connectivity index (χ1n) is 5.00. The Bertz CT molecular complexity index is 372. The van der Waals surface area contributed by atoms with Crippen LogP contribution in [0.1, 0.15) is 26.5 Å².